The van der Waals surface area contributed by atoms with Crippen molar-refractivity contribution in [3.8, 4) is 0 Å². The quantitative estimate of drug-likeness (QED) is 0.853. The van der Waals surface area contributed by atoms with Crippen molar-refractivity contribution in [1.29, 1.82) is 0 Å². The Labute approximate surface area is 113 Å². The van der Waals surface area contributed by atoms with Gasteiger partial charge in [-0.05, 0) is 24.5 Å². The van der Waals surface area contributed by atoms with E-state index in [9.17, 15) is 0 Å². The molecule has 0 saturated carbocycles. The lowest BCUT2D eigenvalue weighted by molar-refractivity contribution is 0.250. The first-order chi connectivity index (χ1) is 8.76. The van der Waals surface area contributed by atoms with Crippen LogP contribution in [0.15, 0.2) is 22.5 Å². The zero-order valence-electron chi connectivity index (χ0n) is 11.2. The van der Waals surface area contributed by atoms with Crippen LogP contribution in [-0.2, 0) is 0 Å². The van der Waals surface area contributed by atoms with Crippen LogP contribution in [0.25, 0.3) is 0 Å². The third kappa shape index (κ3) is 2.84. The molecule has 1 aliphatic heterocycles. The SMILES string of the molecule is CCN(CC)CCN1C(N)=NCC1c1cccs1. The molecule has 5 heteroatoms. The van der Waals surface area contributed by atoms with Crippen LogP contribution in [-0.4, -0.2) is 48.5 Å². The molecule has 0 fully saturated rings. The summed E-state index contributed by atoms with van der Waals surface area (Å²) in [7, 11) is 0. The minimum atomic E-state index is 0.348. The Hall–Kier alpha value is -1.07. The maximum Gasteiger partial charge on any atom is 0.191 e. The average Bonchev–Trinajstić information content (AvgIpc) is 3.00. The van der Waals surface area contributed by atoms with Crippen LogP contribution in [0.2, 0.25) is 0 Å². The zero-order chi connectivity index (χ0) is 13.0. The summed E-state index contributed by atoms with van der Waals surface area (Å²) in [5, 5.41) is 2.12. The van der Waals surface area contributed by atoms with Gasteiger partial charge in [0.1, 0.15) is 0 Å². The highest BCUT2D eigenvalue weighted by Crippen LogP contribution is 2.28. The van der Waals surface area contributed by atoms with E-state index in [1.54, 1.807) is 11.3 Å². The molecule has 18 heavy (non-hydrogen) atoms. The fourth-order valence-corrected chi connectivity index (χ4v) is 3.14. The van der Waals surface area contributed by atoms with Gasteiger partial charge in [-0.1, -0.05) is 19.9 Å². The Bertz CT molecular complexity index is 384. The van der Waals surface area contributed by atoms with Crippen LogP contribution >= 0.6 is 11.3 Å². The molecular formula is C13H22N4S. The van der Waals surface area contributed by atoms with E-state index in [4.69, 9.17) is 5.73 Å². The molecule has 1 atom stereocenters. The van der Waals surface area contributed by atoms with E-state index < -0.39 is 0 Å². The number of nitrogens with two attached hydrogens (primary N) is 1. The first kappa shape index (κ1) is 13.4. The van der Waals surface area contributed by atoms with Gasteiger partial charge in [-0.25, -0.2) is 0 Å². The number of hydrogen-bond donors (Lipinski definition) is 1. The van der Waals surface area contributed by atoms with E-state index in [-0.39, 0.29) is 0 Å². The van der Waals surface area contributed by atoms with Crippen LogP contribution in [0.1, 0.15) is 24.8 Å². The summed E-state index contributed by atoms with van der Waals surface area (Å²) >= 11 is 1.79. The summed E-state index contributed by atoms with van der Waals surface area (Å²) in [6, 6.07) is 4.62. The van der Waals surface area contributed by atoms with Crippen molar-refractivity contribution in [3.05, 3.63) is 22.4 Å². The number of aliphatic imine (C=N–C) groups is 1. The molecule has 0 aromatic carbocycles. The van der Waals surface area contributed by atoms with Crippen molar-refractivity contribution in [2.45, 2.75) is 19.9 Å². The van der Waals surface area contributed by atoms with Crippen molar-refractivity contribution >= 4 is 17.3 Å². The molecule has 0 saturated heterocycles. The van der Waals surface area contributed by atoms with Crippen LogP contribution in [0.3, 0.4) is 0 Å². The lowest BCUT2D eigenvalue weighted by atomic mass is 10.2. The molecule has 1 aromatic rings. The summed E-state index contributed by atoms with van der Waals surface area (Å²) in [5.41, 5.74) is 6.01. The number of hydrogen-bond acceptors (Lipinski definition) is 5. The van der Waals surface area contributed by atoms with Gasteiger partial charge in [0.2, 0.25) is 0 Å². The largest absolute Gasteiger partial charge is 0.370 e. The Morgan fingerprint density at radius 2 is 2.28 bits per heavy atom. The molecule has 0 bridgehead atoms. The van der Waals surface area contributed by atoms with Gasteiger partial charge >= 0.3 is 0 Å². The van der Waals surface area contributed by atoms with Crippen LogP contribution in [0.5, 0.6) is 0 Å². The van der Waals surface area contributed by atoms with E-state index in [0.717, 1.165) is 32.7 Å². The van der Waals surface area contributed by atoms with Gasteiger partial charge in [0, 0.05) is 18.0 Å². The smallest absolute Gasteiger partial charge is 0.191 e. The van der Waals surface area contributed by atoms with Gasteiger partial charge in [-0.3, -0.25) is 4.99 Å². The summed E-state index contributed by atoms with van der Waals surface area (Å²) in [5.74, 6) is 0.695. The summed E-state index contributed by atoms with van der Waals surface area (Å²) in [4.78, 5) is 10.4. The minimum absolute atomic E-state index is 0.348. The van der Waals surface area contributed by atoms with Gasteiger partial charge in [-0.15, -0.1) is 11.3 Å². The predicted octanol–water partition coefficient (Wildman–Crippen LogP) is 1.76. The molecule has 4 nitrogen and oxygen atoms in total. The molecule has 2 N–H and O–H groups in total. The van der Waals surface area contributed by atoms with Crippen molar-refractivity contribution in [2.75, 3.05) is 32.7 Å². The first-order valence-electron chi connectivity index (χ1n) is 6.58. The summed E-state index contributed by atoms with van der Waals surface area (Å²) in [6.45, 7) is 9.37. The third-order valence-electron chi connectivity index (χ3n) is 3.52. The van der Waals surface area contributed by atoms with Gasteiger partial charge in [0.15, 0.2) is 5.96 Å². The summed E-state index contributed by atoms with van der Waals surface area (Å²) < 4.78 is 0. The molecule has 0 amide bonds. The molecule has 0 radical (unpaired) electrons. The van der Waals surface area contributed by atoms with Crippen LogP contribution < -0.4 is 5.73 Å². The number of nitrogens with zero attached hydrogens (tertiary/aromatic N) is 3. The Balaban J connectivity index is 1.97. The monoisotopic (exact) mass is 266 g/mol. The van der Waals surface area contributed by atoms with E-state index in [1.165, 1.54) is 4.88 Å². The van der Waals surface area contributed by atoms with E-state index in [1.807, 2.05) is 0 Å². The third-order valence-corrected chi connectivity index (χ3v) is 4.49. The van der Waals surface area contributed by atoms with Gasteiger partial charge in [-0.2, -0.15) is 0 Å². The van der Waals surface area contributed by atoms with Crippen molar-refractivity contribution < 1.29 is 0 Å². The Morgan fingerprint density at radius 3 is 2.89 bits per heavy atom. The lowest BCUT2D eigenvalue weighted by Gasteiger charge is -2.28. The summed E-state index contributed by atoms with van der Waals surface area (Å²) in [6.07, 6.45) is 0. The highest BCUT2D eigenvalue weighted by Gasteiger charge is 2.27. The molecule has 0 spiro atoms. The maximum absolute atomic E-state index is 6.01. The highest BCUT2D eigenvalue weighted by molar-refractivity contribution is 7.10. The van der Waals surface area contributed by atoms with E-state index in [2.05, 4.69) is 46.2 Å². The number of thiophene rings is 1. The molecule has 0 aliphatic carbocycles. The molecular weight excluding hydrogens is 244 g/mol. The Kier molecular flexibility index (Phi) is 4.60. The highest BCUT2D eigenvalue weighted by atomic mass is 32.1. The normalized spacial score (nSPS) is 19.6. The van der Waals surface area contributed by atoms with Crippen LogP contribution in [0.4, 0.5) is 0 Å². The molecule has 1 aromatic heterocycles. The van der Waals surface area contributed by atoms with Gasteiger partial charge in [0.25, 0.3) is 0 Å². The molecule has 2 heterocycles. The van der Waals surface area contributed by atoms with Crippen molar-refractivity contribution in [2.24, 2.45) is 10.7 Å². The van der Waals surface area contributed by atoms with E-state index in [0.29, 0.717) is 12.0 Å². The van der Waals surface area contributed by atoms with Crippen molar-refractivity contribution in [1.82, 2.24) is 9.80 Å². The maximum atomic E-state index is 6.01. The molecule has 1 unspecified atom stereocenters. The number of likely N-dealkylation sites (N-methyl/N-ethyl adjacent to an activating group) is 1. The first-order valence-corrected chi connectivity index (χ1v) is 7.46. The zero-order valence-corrected chi connectivity index (χ0v) is 12.0. The topological polar surface area (TPSA) is 44.9 Å². The molecule has 1 aliphatic rings. The average molecular weight is 266 g/mol. The van der Waals surface area contributed by atoms with E-state index >= 15 is 0 Å². The molecule has 100 valence electrons. The predicted molar refractivity (Wildman–Crippen MR) is 78.0 cm³/mol. The second-order valence-corrected chi connectivity index (χ2v) is 5.43. The van der Waals surface area contributed by atoms with Crippen molar-refractivity contribution in [3.63, 3.8) is 0 Å². The standard InChI is InChI=1S/C13H22N4S/c1-3-16(4-2)7-8-17-11(10-15-13(17)14)12-6-5-9-18-12/h5-6,9,11H,3-4,7-8,10H2,1-2H3,(H2,14,15). The van der Waals surface area contributed by atoms with Crippen LogP contribution in [0, 0.1) is 0 Å². The fraction of sp³-hybridized carbons (Fsp3) is 0.615. The fourth-order valence-electron chi connectivity index (χ4n) is 2.31. The number of rotatable bonds is 6. The Morgan fingerprint density at radius 1 is 1.50 bits per heavy atom. The number of guanidine groups is 1. The molecule has 2 rings (SSSR count). The van der Waals surface area contributed by atoms with Gasteiger partial charge in [0.05, 0.1) is 12.6 Å². The second kappa shape index (κ2) is 6.20. The second-order valence-electron chi connectivity index (χ2n) is 4.45. The lowest BCUT2D eigenvalue weighted by Crippen LogP contribution is -2.41. The van der Waals surface area contributed by atoms with Gasteiger partial charge < -0.3 is 15.5 Å². The minimum Gasteiger partial charge on any atom is -0.370 e.